The maximum absolute atomic E-state index is 5.19. The van der Waals surface area contributed by atoms with E-state index >= 15 is 0 Å². The number of rotatable bonds is 5. The lowest BCUT2D eigenvalue weighted by Gasteiger charge is -2.19. The number of hydrogen-bond acceptors (Lipinski definition) is 3. The van der Waals surface area contributed by atoms with Crippen molar-refractivity contribution in [3.8, 4) is 0 Å². The van der Waals surface area contributed by atoms with Crippen LogP contribution in [0, 0.1) is 0 Å². The van der Waals surface area contributed by atoms with Gasteiger partial charge in [0.25, 0.3) is 0 Å². The van der Waals surface area contributed by atoms with Crippen LogP contribution in [0.25, 0.3) is 0 Å². The van der Waals surface area contributed by atoms with Gasteiger partial charge in [-0.2, -0.15) is 0 Å². The molecular weight excluding hydrogens is 194 g/mol. The molecule has 0 heterocycles. The Balaban J connectivity index is 3.76. The van der Waals surface area contributed by atoms with Gasteiger partial charge in [-0.15, -0.1) is 0 Å². The molecule has 0 saturated carbocycles. The fourth-order valence-electron chi connectivity index (χ4n) is 0.545. The van der Waals surface area contributed by atoms with Gasteiger partial charge in [-0.3, -0.25) is 3.71 Å². The molecule has 0 aliphatic carbocycles. The highest BCUT2D eigenvalue weighted by molar-refractivity contribution is 8.13. The van der Waals surface area contributed by atoms with Crippen LogP contribution in [0.1, 0.15) is 27.2 Å². The molecule has 0 aliphatic heterocycles. The predicted molar refractivity (Wildman–Crippen MR) is 61.0 cm³/mol. The fraction of sp³-hybridized carbons (Fsp3) is 0.857. The van der Waals surface area contributed by atoms with E-state index in [4.69, 9.17) is 12.2 Å². The van der Waals surface area contributed by atoms with Gasteiger partial charge < -0.3 is 0 Å². The summed E-state index contributed by atoms with van der Waals surface area (Å²) in [5, 5.41) is 0. The minimum absolute atomic E-state index is 0.968. The summed E-state index contributed by atoms with van der Waals surface area (Å²) in [4.78, 5) is 1.05. The van der Waals surface area contributed by atoms with Crippen LogP contribution in [0.2, 0.25) is 0 Å². The Morgan fingerprint density at radius 2 is 1.64 bits per heavy atom. The monoisotopic (exact) mass is 209 g/mol. The summed E-state index contributed by atoms with van der Waals surface area (Å²) >= 11 is 8.77. The third-order valence-corrected chi connectivity index (χ3v) is 3.76. The summed E-state index contributed by atoms with van der Waals surface area (Å²) in [6.45, 7) is 6.39. The molecule has 0 aliphatic rings. The molecule has 0 bridgehead atoms. The lowest BCUT2D eigenvalue weighted by Crippen LogP contribution is -2.14. The van der Waals surface area contributed by atoms with Crippen molar-refractivity contribution in [1.29, 1.82) is 0 Å². The van der Waals surface area contributed by atoms with Gasteiger partial charge in [0.2, 0.25) is 0 Å². The zero-order valence-corrected chi connectivity index (χ0v) is 9.74. The summed E-state index contributed by atoms with van der Waals surface area (Å²) in [5.41, 5.74) is 0. The first kappa shape index (κ1) is 11.6. The van der Waals surface area contributed by atoms with E-state index in [2.05, 4.69) is 24.5 Å². The summed E-state index contributed by atoms with van der Waals surface area (Å²) in [7, 11) is 0. The van der Waals surface area contributed by atoms with Crippen molar-refractivity contribution in [2.75, 3.05) is 11.5 Å². The first-order valence-electron chi connectivity index (χ1n) is 3.85. The normalized spacial score (nSPS) is 9.73. The number of hydrogen-bond donors (Lipinski definition) is 0. The molecule has 0 spiro atoms. The summed E-state index contributed by atoms with van der Waals surface area (Å²) in [5.74, 6) is 2.18. The first-order chi connectivity index (χ1) is 5.26. The van der Waals surface area contributed by atoms with E-state index in [1.54, 1.807) is 23.9 Å². The van der Waals surface area contributed by atoms with Crippen LogP contribution >= 0.6 is 36.1 Å². The Bertz CT molecular complexity index is 110. The van der Waals surface area contributed by atoms with E-state index < -0.39 is 0 Å². The van der Waals surface area contributed by atoms with Gasteiger partial charge in [-0.1, -0.05) is 33.0 Å². The molecule has 0 aromatic rings. The molecule has 0 amide bonds. The van der Waals surface area contributed by atoms with Crippen LogP contribution in [0.15, 0.2) is 0 Å². The maximum Gasteiger partial charge on any atom is 0.0991 e. The number of thiocarbonyl (C=S) groups is 1. The summed E-state index contributed by atoms with van der Waals surface area (Å²) < 4.78 is 2.15. The molecule has 0 unspecified atom stereocenters. The smallest absolute Gasteiger partial charge is 0.0991 e. The van der Waals surface area contributed by atoms with Gasteiger partial charge in [-0.05, 0) is 30.3 Å². The van der Waals surface area contributed by atoms with Crippen molar-refractivity contribution in [3.63, 3.8) is 0 Å². The van der Waals surface area contributed by atoms with Gasteiger partial charge in [0.05, 0.1) is 4.99 Å². The minimum atomic E-state index is 0.968. The van der Waals surface area contributed by atoms with Crippen molar-refractivity contribution in [3.05, 3.63) is 0 Å². The van der Waals surface area contributed by atoms with Crippen molar-refractivity contribution in [2.45, 2.75) is 27.2 Å². The third kappa shape index (κ3) is 4.93. The van der Waals surface area contributed by atoms with Crippen LogP contribution in [0.3, 0.4) is 0 Å². The van der Waals surface area contributed by atoms with Crippen LogP contribution in [-0.2, 0) is 0 Å². The third-order valence-electron chi connectivity index (χ3n) is 0.999. The molecular formula is C7H15NS3. The molecule has 0 aromatic carbocycles. The molecule has 66 valence electrons. The average molecular weight is 209 g/mol. The van der Waals surface area contributed by atoms with Gasteiger partial charge in [0.15, 0.2) is 0 Å². The molecule has 0 radical (unpaired) electrons. The van der Waals surface area contributed by atoms with Crippen LogP contribution in [0.4, 0.5) is 0 Å². The SMILES string of the molecule is CCSN(SCC)C(=S)CC. The molecule has 11 heavy (non-hydrogen) atoms. The fourth-order valence-corrected chi connectivity index (χ4v) is 2.81. The van der Waals surface area contributed by atoms with Crippen molar-refractivity contribution in [2.24, 2.45) is 0 Å². The van der Waals surface area contributed by atoms with E-state index in [0.717, 1.165) is 22.9 Å². The lowest BCUT2D eigenvalue weighted by molar-refractivity contribution is 1.07. The zero-order chi connectivity index (χ0) is 8.69. The Morgan fingerprint density at radius 3 is 1.91 bits per heavy atom. The molecule has 0 N–H and O–H groups in total. The van der Waals surface area contributed by atoms with E-state index in [-0.39, 0.29) is 0 Å². The molecule has 0 atom stereocenters. The topological polar surface area (TPSA) is 3.24 Å². The quantitative estimate of drug-likeness (QED) is 0.504. The highest BCUT2D eigenvalue weighted by atomic mass is 32.2. The van der Waals surface area contributed by atoms with Gasteiger partial charge >= 0.3 is 0 Å². The van der Waals surface area contributed by atoms with E-state index in [1.165, 1.54) is 0 Å². The Labute approximate surface area is 83.6 Å². The van der Waals surface area contributed by atoms with Crippen molar-refractivity contribution < 1.29 is 0 Å². The maximum atomic E-state index is 5.19. The predicted octanol–water partition coefficient (Wildman–Crippen LogP) is 3.36. The van der Waals surface area contributed by atoms with Crippen LogP contribution in [0.5, 0.6) is 0 Å². The number of nitrogens with zero attached hydrogens (tertiary/aromatic N) is 1. The highest BCUT2D eigenvalue weighted by Gasteiger charge is 2.06. The Morgan fingerprint density at radius 1 is 1.18 bits per heavy atom. The Hall–Kier alpha value is 0.590. The molecule has 0 rings (SSSR count). The second-order valence-corrected chi connectivity index (χ2v) is 4.94. The van der Waals surface area contributed by atoms with Gasteiger partial charge in [-0.25, -0.2) is 0 Å². The van der Waals surface area contributed by atoms with E-state index in [1.807, 2.05) is 0 Å². The highest BCUT2D eigenvalue weighted by Crippen LogP contribution is 2.22. The largest absolute Gasteiger partial charge is 0.252 e. The average Bonchev–Trinajstić information content (AvgIpc) is 2.03. The molecule has 0 saturated heterocycles. The second-order valence-electron chi connectivity index (χ2n) is 1.84. The molecule has 1 nitrogen and oxygen atoms in total. The second kappa shape index (κ2) is 7.25. The van der Waals surface area contributed by atoms with E-state index in [9.17, 15) is 0 Å². The standard InChI is InChI=1S/C7H15NS3/c1-4-7(9)8(10-5-2)11-6-3/h4-6H2,1-3H3. The van der Waals surface area contributed by atoms with Gasteiger partial charge in [0, 0.05) is 11.5 Å². The molecule has 4 heteroatoms. The lowest BCUT2D eigenvalue weighted by atomic mass is 10.5. The van der Waals surface area contributed by atoms with Gasteiger partial charge in [0.1, 0.15) is 0 Å². The Kier molecular flexibility index (Phi) is 7.64. The zero-order valence-electron chi connectivity index (χ0n) is 7.29. The van der Waals surface area contributed by atoms with Crippen molar-refractivity contribution >= 4 is 41.1 Å². The van der Waals surface area contributed by atoms with E-state index in [0.29, 0.717) is 0 Å². The summed E-state index contributed by atoms with van der Waals surface area (Å²) in [6, 6.07) is 0. The molecule has 0 aromatic heterocycles. The first-order valence-corrected chi connectivity index (χ1v) is 6.14. The minimum Gasteiger partial charge on any atom is -0.252 e. The van der Waals surface area contributed by atoms with Crippen LogP contribution < -0.4 is 0 Å². The van der Waals surface area contributed by atoms with Crippen molar-refractivity contribution in [1.82, 2.24) is 3.71 Å². The summed E-state index contributed by atoms with van der Waals surface area (Å²) in [6.07, 6.45) is 0.968. The van der Waals surface area contributed by atoms with Crippen LogP contribution in [-0.4, -0.2) is 20.2 Å². The molecule has 0 fully saturated rings.